The van der Waals surface area contributed by atoms with Gasteiger partial charge in [-0.05, 0) is 37.1 Å². The fourth-order valence-corrected chi connectivity index (χ4v) is 2.51. The van der Waals surface area contributed by atoms with Crippen LogP contribution in [0.25, 0.3) is 10.9 Å². The van der Waals surface area contributed by atoms with Crippen molar-refractivity contribution in [3.8, 4) is 6.07 Å². The zero-order valence-electron chi connectivity index (χ0n) is 10.4. The van der Waals surface area contributed by atoms with Crippen molar-refractivity contribution >= 4 is 10.9 Å². The molecule has 3 rings (SSSR count). The summed E-state index contributed by atoms with van der Waals surface area (Å²) in [6.45, 7) is 1.46. The van der Waals surface area contributed by atoms with Crippen molar-refractivity contribution in [2.45, 2.75) is 18.8 Å². The third-order valence-corrected chi connectivity index (χ3v) is 3.55. The second-order valence-corrected chi connectivity index (χ2v) is 4.75. The number of pyridine rings is 1. The van der Waals surface area contributed by atoms with Gasteiger partial charge in [-0.3, -0.25) is 4.98 Å². The van der Waals surface area contributed by atoms with Crippen LogP contribution in [0, 0.1) is 17.1 Å². The summed E-state index contributed by atoms with van der Waals surface area (Å²) in [6.07, 6.45) is 1.84. The molecule has 0 bridgehead atoms. The van der Waals surface area contributed by atoms with Crippen molar-refractivity contribution in [3.63, 3.8) is 0 Å². The lowest BCUT2D eigenvalue weighted by Gasteiger charge is -2.22. The van der Waals surface area contributed by atoms with Crippen molar-refractivity contribution in [2.24, 2.45) is 0 Å². The molecule has 0 atom stereocenters. The van der Waals surface area contributed by atoms with Gasteiger partial charge in [-0.25, -0.2) is 4.39 Å². The van der Waals surface area contributed by atoms with Gasteiger partial charge < -0.3 is 4.74 Å². The van der Waals surface area contributed by atoms with Gasteiger partial charge in [-0.15, -0.1) is 0 Å². The predicted molar refractivity (Wildman–Crippen MR) is 69.2 cm³/mol. The Morgan fingerprint density at radius 1 is 1.26 bits per heavy atom. The van der Waals surface area contributed by atoms with Crippen LogP contribution in [0.3, 0.4) is 0 Å². The summed E-state index contributed by atoms with van der Waals surface area (Å²) in [6, 6.07) is 8.31. The van der Waals surface area contributed by atoms with E-state index in [1.807, 2.05) is 0 Å². The third kappa shape index (κ3) is 2.29. The maximum atomic E-state index is 13.3. The Labute approximate surface area is 110 Å². The van der Waals surface area contributed by atoms with Gasteiger partial charge in [0.15, 0.2) is 0 Å². The minimum Gasteiger partial charge on any atom is -0.381 e. The number of aromatic nitrogens is 1. The molecule has 1 fully saturated rings. The number of nitriles is 1. The van der Waals surface area contributed by atoms with Crippen LogP contribution < -0.4 is 0 Å². The predicted octanol–water partition coefficient (Wildman–Crippen LogP) is 3.14. The van der Waals surface area contributed by atoms with Crippen molar-refractivity contribution in [2.75, 3.05) is 13.2 Å². The molecule has 19 heavy (non-hydrogen) atoms. The lowest BCUT2D eigenvalue weighted by molar-refractivity contribution is 0.0845. The molecule has 1 aliphatic rings. The molecule has 0 spiro atoms. The van der Waals surface area contributed by atoms with Gasteiger partial charge in [0, 0.05) is 30.2 Å². The standard InChI is InChI=1S/C15H13FN2O/c16-12-1-2-14-13(8-12)11(9-17)7-15(18-14)10-3-5-19-6-4-10/h1-2,7-8,10H,3-6H2. The SMILES string of the molecule is N#Cc1cc(C2CCOCC2)nc2ccc(F)cc12. The van der Waals surface area contributed by atoms with E-state index in [0.29, 0.717) is 22.4 Å². The monoisotopic (exact) mass is 256 g/mol. The topological polar surface area (TPSA) is 45.9 Å². The van der Waals surface area contributed by atoms with Crippen LogP contribution in [-0.2, 0) is 4.74 Å². The summed E-state index contributed by atoms with van der Waals surface area (Å²) < 4.78 is 18.6. The quantitative estimate of drug-likeness (QED) is 0.787. The maximum absolute atomic E-state index is 13.3. The molecular formula is C15H13FN2O. The molecule has 0 aliphatic carbocycles. The molecule has 1 aliphatic heterocycles. The van der Waals surface area contributed by atoms with E-state index in [9.17, 15) is 9.65 Å². The molecule has 1 aromatic carbocycles. The first-order valence-corrected chi connectivity index (χ1v) is 6.36. The van der Waals surface area contributed by atoms with E-state index in [4.69, 9.17) is 4.74 Å². The van der Waals surface area contributed by atoms with Gasteiger partial charge >= 0.3 is 0 Å². The van der Waals surface area contributed by atoms with E-state index in [0.717, 1.165) is 31.7 Å². The van der Waals surface area contributed by atoms with Crippen LogP contribution in [-0.4, -0.2) is 18.2 Å². The minimum absolute atomic E-state index is 0.329. The minimum atomic E-state index is -0.343. The summed E-state index contributed by atoms with van der Waals surface area (Å²) in [5, 5.41) is 9.81. The smallest absolute Gasteiger partial charge is 0.124 e. The van der Waals surface area contributed by atoms with Crippen LogP contribution in [0.15, 0.2) is 24.3 Å². The molecule has 96 valence electrons. The Morgan fingerprint density at radius 2 is 2.05 bits per heavy atom. The second-order valence-electron chi connectivity index (χ2n) is 4.75. The van der Waals surface area contributed by atoms with Gasteiger partial charge in [0.25, 0.3) is 0 Å². The van der Waals surface area contributed by atoms with Crippen LogP contribution in [0.5, 0.6) is 0 Å². The largest absolute Gasteiger partial charge is 0.381 e. The average Bonchev–Trinajstić information content (AvgIpc) is 2.47. The molecule has 1 saturated heterocycles. The zero-order valence-corrected chi connectivity index (χ0v) is 10.4. The summed E-state index contributed by atoms with van der Waals surface area (Å²) in [5.41, 5.74) is 2.09. The van der Waals surface area contributed by atoms with E-state index in [1.54, 1.807) is 12.1 Å². The molecule has 0 saturated carbocycles. The van der Waals surface area contributed by atoms with Crippen LogP contribution in [0.4, 0.5) is 4.39 Å². The number of hydrogen-bond donors (Lipinski definition) is 0. The molecular weight excluding hydrogens is 243 g/mol. The summed E-state index contributed by atoms with van der Waals surface area (Å²) in [5.74, 6) is -0.0140. The average molecular weight is 256 g/mol. The Hall–Kier alpha value is -1.99. The third-order valence-electron chi connectivity index (χ3n) is 3.55. The van der Waals surface area contributed by atoms with Gasteiger partial charge in [-0.1, -0.05) is 0 Å². The fourth-order valence-electron chi connectivity index (χ4n) is 2.51. The Balaban J connectivity index is 2.12. The molecule has 3 nitrogen and oxygen atoms in total. The van der Waals surface area contributed by atoms with Crippen molar-refractivity contribution in [1.82, 2.24) is 4.98 Å². The highest BCUT2D eigenvalue weighted by Gasteiger charge is 2.19. The molecule has 1 aromatic heterocycles. The number of halogens is 1. The maximum Gasteiger partial charge on any atom is 0.124 e. The first-order valence-electron chi connectivity index (χ1n) is 6.36. The first kappa shape index (κ1) is 12.1. The van der Waals surface area contributed by atoms with Gasteiger partial charge in [0.2, 0.25) is 0 Å². The Morgan fingerprint density at radius 3 is 2.79 bits per heavy atom. The van der Waals surface area contributed by atoms with Crippen molar-refractivity contribution in [3.05, 3.63) is 41.3 Å². The van der Waals surface area contributed by atoms with E-state index in [2.05, 4.69) is 11.1 Å². The number of benzene rings is 1. The zero-order chi connectivity index (χ0) is 13.2. The van der Waals surface area contributed by atoms with Crippen LogP contribution in [0.2, 0.25) is 0 Å². The molecule has 0 unspecified atom stereocenters. The molecule has 0 N–H and O–H groups in total. The van der Waals surface area contributed by atoms with Gasteiger partial charge in [0.1, 0.15) is 5.82 Å². The number of rotatable bonds is 1. The summed E-state index contributed by atoms with van der Waals surface area (Å²) in [4.78, 5) is 4.58. The normalized spacial score (nSPS) is 16.4. The highest BCUT2D eigenvalue weighted by atomic mass is 19.1. The van der Waals surface area contributed by atoms with Gasteiger partial charge in [-0.2, -0.15) is 5.26 Å². The molecule has 0 radical (unpaired) electrons. The molecule has 0 amide bonds. The number of hydrogen-bond acceptors (Lipinski definition) is 3. The highest BCUT2D eigenvalue weighted by Crippen LogP contribution is 2.29. The lowest BCUT2D eigenvalue weighted by atomic mass is 9.94. The molecule has 2 aromatic rings. The van der Waals surface area contributed by atoms with Crippen molar-refractivity contribution < 1.29 is 9.13 Å². The fraction of sp³-hybridized carbons (Fsp3) is 0.333. The van der Waals surface area contributed by atoms with Crippen LogP contribution in [0.1, 0.15) is 30.0 Å². The van der Waals surface area contributed by atoms with E-state index in [1.165, 1.54) is 12.1 Å². The number of nitrogens with zero attached hydrogens (tertiary/aromatic N) is 2. The summed E-state index contributed by atoms with van der Waals surface area (Å²) in [7, 11) is 0. The Kier molecular flexibility index (Phi) is 3.14. The van der Waals surface area contributed by atoms with E-state index < -0.39 is 0 Å². The van der Waals surface area contributed by atoms with E-state index >= 15 is 0 Å². The highest BCUT2D eigenvalue weighted by molar-refractivity contribution is 5.84. The number of ether oxygens (including phenoxy) is 1. The molecule has 4 heteroatoms. The second kappa shape index (κ2) is 4.94. The lowest BCUT2D eigenvalue weighted by Crippen LogP contribution is -2.15. The van der Waals surface area contributed by atoms with Crippen molar-refractivity contribution in [1.29, 1.82) is 5.26 Å². The summed E-state index contributed by atoms with van der Waals surface area (Å²) >= 11 is 0. The molecule has 2 heterocycles. The van der Waals surface area contributed by atoms with Gasteiger partial charge in [0.05, 0.1) is 17.1 Å². The Bertz CT molecular complexity index is 657. The van der Waals surface area contributed by atoms with E-state index in [-0.39, 0.29) is 5.82 Å². The first-order chi connectivity index (χ1) is 9.28. The number of fused-ring (bicyclic) bond motifs is 1. The van der Waals surface area contributed by atoms with Crippen LogP contribution >= 0.6 is 0 Å².